The van der Waals surface area contributed by atoms with Crippen molar-refractivity contribution >= 4 is 0 Å². The van der Waals surface area contributed by atoms with Crippen molar-refractivity contribution in [3.63, 3.8) is 0 Å². The molecular formula is C20H20N4O3. The van der Waals surface area contributed by atoms with Gasteiger partial charge < -0.3 is 14.8 Å². The number of fused-ring (bicyclic) bond motifs is 1. The van der Waals surface area contributed by atoms with E-state index in [4.69, 9.17) is 4.74 Å². The summed E-state index contributed by atoms with van der Waals surface area (Å²) < 4.78 is 5.17. The molecule has 1 aliphatic rings. The summed E-state index contributed by atoms with van der Waals surface area (Å²) >= 11 is 0. The molecule has 27 heavy (non-hydrogen) atoms. The molecule has 1 aromatic carbocycles. The maximum atomic E-state index is 12.6. The molecule has 138 valence electrons. The molecule has 0 radical (unpaired) electrons. The highest BCUT2D eigenvalue weighted by Crippen LogP contribution is 2.31. The van der Waals surface area contributed by atoms with Crippen LogP contribution in [0, 0.1) is 0 Å². The Hall–Kier alpha value is -3.19. The summed E-state index contributed by atoms with van der Waals surface area (Å²) in [4.78, 5) is 26.3. The number of aromatic amines is 1. The Labute approximate surface area is 156 Å². The van der Waals surface area contributed by atoms with Crippen molar-refractivity contribution in [2.75, 3.05) is 13.7 Å². The van der Waals surface area contributed by atoms with Gasteiger partial charge in [0.1, 0.15) is 5.82 Å². The second-order valence-electron chi connectivity index (χ2n) is 6.51. The molecule has 2 aromatic heterocycles. The van der Waals surface area contributed by atoms with E-state index in [1.165, 1.54) is 7.11 Å². The third-order valence-corrected chi connectivity index (χ3v) is 4.78. The molecule has 0 spiro atoms. The maximum absolute atomic E-state index is 12.6. The number of benzene rings is 1. The van der Waals surface area contributed by atoms with E-state index in [1.807, 2.05) is 24.3 Å². The highest BCUT2D eigenvalue weighted by molar-refractivity contribution is 5.53. The van der Waals surface area contributed by atoms with Crippen LogP contribution in [0.4, 0.5) is 0 Å². The van der Waals surface area contributed by atoms with Crippen LogP contribution in [-0.4, -0.2) is 38.6 Å². The van der Waals surface area contributed by atoms with Gasteiger partial charge in [-0.3, -0.25) is 14.7 Å². The Kier molecular flexibility index (Phi) is 4.60. The summed E-state index contributed by atoms with van der Waals surface area (Å²) in [6.45, 7) is 1.78. The molecule has 7 heteroatoms. The number of aromatic hydroxyl groups is 1. The molecule has 0 saturated heterocycles. The van der Waals surface area contributed by atoms with Crippen LogP contribution in [0.2, 0.25) is 0 Å². The standard InChI is InChI=1S/C20H20N4O3/c1-27-17-6-2-4-14(18(17)25)11-24-9-7-16-15(12-24)20(26)23-19(22-16)13-5-3-8-21-10-13/h2-6,8,10,25H,7,9,11-12H2,1H3,(H,22,23,26). The highest BCUT2D eigenvalue weighted by Gasteiger charge is 2.22. The van der Waals surface area contributed by atoms with Crippen molar-refractivity contribution < 1.29 is 9.84 Å². The lowest BCUT2D eigenvalue weighted by Gasteiger charge is -2.28. The van der Waals surface area contributed by atoms with Crippen LogP contribution in [0.25, 0.3) is 11.4 Å². The fourth-order valence-electron chi connectivity index (χ4n) is 3.36. The predicted octanol–water partition coefficient (Wildman–Crippen LogP) is 2.10. The summed E-state index contributed by atoms with van der Waals surface area (Å²) in [5.41, 5.74) is 2.94. The van der Waals surface area contributed by atoms with Crippen LogP contribution in [0.5, 0.6) is 11.5 Å². The quantitative estimate of drug-likeness (QED) is 0.737. The summed E-state index contributed by atoms with van der Waals surface area (Å²) in [5.74, 6) is 1.14. The molecule has 1 aliphatic heterocycles. The first-order valence-electron chi connectivity index (χ1n) is 8.75. The van der Waals surface area contributed by atoms with Crippen molar-refractivity contribution in [1.29, 1.82) is 0 Å². The normalized spacial score (nSPS) is 14.0. The van der Waals surface area contributed by atoms with Crippen molar-refractivity contribution in [3.8, 4) is 22.9 Å². The van der Waals surface area contributed by atoms with Gasteiger partial charge in [0.25, 0.3) is 5.56 Å². The number of aromatic nitrogens is 3. The van der Waals surface area contributed by atoms with Crippen LogP contribution < -0.4 is 10.3 Å². The second kappa shape index (κ2) is 7.20. The van der Waals surface area contributed by atoms with E-state index in [0.717, 1.165) is 23.4 Å². The number of phenols is 1. The molecule has 0 saturated carbocycles. The van der Waals surface area contributed by atoms with E-state index < -0.39 is 0 Å². The highest BCUT2D eigenvalue weighted by atomic mass is 16.5. The van der Waals surface area contributed by atoms with Gasteiger partial charge in [0.2, 0.25) is 0 Å². The summed E-state index contributed by atoms with van der Waals surface area (Å²) in [7, 11) is 1.53. The number of hydrogen-bond donors (Lipinski definition) is 2. The zero-order valence-corrected chi connectivity index (χ0v) is 15.0. The Morgan fingerprint density at radius 3 is 2.96 bits per heavy atom. The first-order chi connectivity index (χ1) is 13.2. The van der Waals surface area contributed by atoms with E-state index in [-0.39, 0.29) is 11.3 Å². The van der Waals surface area contributed by atoms with Gasteiger partial charge in [-0.2, -0.15) is 0 Å². The minimum absolute atomic E-state index is 0.126. The number of rotatable bonds is 4. The number of H-pyrrole nitrogens is 1. The van der Waals surface area contributed by atoms with E-state index >= 15 is 0 Å². The van der Waals surface area contributed by atoms with Gasteiger partial charge >= 0.3 is 0 Å². The van der Waals surface area contributed by atoms with E-state index in [0.29, 0.717) is 36.6 Å². The molecule has 0 bridgehead atoms. The minimum atomic E-state index is -0.126. The fourth-order valence-corrected chi connectivity index (χ4v) is 3.36. The smallest absolute Gasteiger partial charge is 0.255 e. The molecule has 0 amide bonds. The summed E-state index contributed by atoms with van der Waals surface area (Å²) in [6, 6.07) is 9.12. The van der Waals surface area contributed by atoms with Gasteiger partial charge in [0.15, 0.2) is 11.5 Å². The van der Waals surface area contributed by atoms with E-state index in [1.54, 1.807) is 18.5 Å². The average molecular weight is 364 g/mol. The third kappa shape index (κ3) is 3.41. The third-order valence-electron chi connectivity index (χ3n) is 4.78. The van der Waals surface area contributed by atoms with E-state index in [2.05, 4.69) is 19.9 Å². The number of nitrogens with one attached hydrogen (secondary N) is 1. The van der Waals surface area contributed by atoms with E-state index in [9.17, 15) is 9.90 Å². The zero-order chi connectivity index (χ0) is 18.8. The Balaban J connectivity index is 1.58. The zero-order valence-electron chi connectivity index (χ0n) is 15.0. The molecule has 4 rings (SSSR count). The number of phenolic OH excluding ortho intramolecular Hbond substituents is 1. The van der Waals surface area contributed by atoms with Gasteiger partial charge in [0, 0.05) is 49.6 Å². The van der Waals surface area contributed by atoms with Gasteiger partial charge in [-0.25, -0.2) is 4.98 Å². The number of ether oxygens (including phenoxy) is 1. The SMILES string of the molecule is COc1cccc(CN2CCc3nc(-c4cccnc4)[nH]c(=O)c3C2)c1O. The van der Waals surface area contributed by atoms with Gasteiger partial charge in [-0.05, 0) is 18.2 Å². The monoisotopic (exact) mass is 364 g/mol. The summed E-state index contributed by atoms with van der Waals surface area (Å²) in [6.07, 6.45) is 4.05. The first kappa shape index (κ1) is 17.2. The lowest BCUT2D eigenvalue weighted by Crippen LogP contribution is -2.35. The maximum Gasteiger partial charge on any atom is 0.255 e. The molecular weight excluding hydrogens is 344 g/mol. The van der Waals surface area contributed by atoms with Gasteiger partial charge in [0.05, 0.1) is 18.4 Å². The number of pyridine rings is 1. The van der Waals surface area contributed by atoms with Crippen LogP contribution in [0.15, 0.2) is 47.5 Å². The number of nitrogens with zero attached hydrogens (tertiary/aromatic N) is 3. The molecule has 3 aromatic rings. The lowest BCUT2D eigenvalue weighted by molar-refractivity contribution is 0.237. The predicted molar refractivity (Wildman–Crippen MR) is 101 cm³/mol. The number of hydrogen-bond acceptors (Lipinski definition) is 6. The lowest BCUT2D eigenvalue weighted by atomic mass is 10.0. The molecule has 0 aliphatic carbocycles. The topological polar surface area (TPSA) is 91.3 Å². The van der Waals surface area contributed by atoms with Crippen molar-refractivity contribution in [3.05, 3.63) is 69.9 Å². The molecule has 0 fully saturated rings. The Bertz CT molecular complexity index is 1020. The Morgan fingerprint density at radius 2 is 2.19 bits per heavy atom. The fraction of sp³-hybridized carbons (Fsp3) is 0.250. The van der Waals surface area contributed by atoms with Crippen LogP contribution >= 0.6 is 0 Å². The average Bonchev–Trinajstić information content (AvgIpc) is 2.70. The number of methoxy groups -OCH3 is 1. The van der Waals surface area contributed by atoms with Crippen LogP contribution in [0.1, 0.15) is 16.8 Å². The van der Waals surface area contributed by atoms with Crippen molar-refractivity contribution in [2.24, 2.45) is 0 Å². The molecule has 0 unspecified atom stereocenters. The largest absolute Gasteiger partial charge is 0.504 e. The van der Waals surface area contributed by atoms with Gasteiger partial charge in [-0.15, -0.1) is 0 Å². The number of para-hydroxylation sites is 1. The molecule has 3 heterocycles. The summed E-state index contributed by atoms with van der Waals surface area (Å²) in [5, 5.41) is 10.3. The van der Waals surface area contributed by atoms with Crippen molar-refractivity contribution in [2.45, 2.75) is 19.5 Å². The van der Waals surface area contributed by atoms with Crippen LogP contribution in [0.3, 0.4) is 0 Å². The molecule has 2 N–H and O–H groups in total. The molecule has 7 nitrogen and oxygen atoms in total. The van der Waals surface area contributed by atoms with Crippen molar-refractivity contribution in [1.82, 2.24) is 19.9 Å². The minimum Gasteiger partial charge on any atom is -0.504 e. The molecule has 0 atom stereocenters. The van der Waals surface area contributed by atoms with Crippen LogP contribution in [-0.2, 0) is 19.5 Å². The Morgan fingerprint density at radius 1 is 1.30 bits per heavy atom. The second-order valence-corrected chi connectivity index (χ2v) is 6.51. The first-order valence-corrected chi connectivity index (χ1v) is 8.75. The van der Waals surface area contributed by atoms with Gasteiger partial charge in [-0.1, -0.05) is 12.1 Å².